The molecule has 1 unspecified atom stereocenters. The minimum atomic E-state index is 0.217. The molecule has 88 valence electrons. The van der Waals surface area contributed by atoms with Crippen LogP contribution in [0.4, 0.5) is 0 Å². The lowest BCUT2D eigenvalue weighted by Gasteiger charge is -2.25. The van der Waals surface area contributed by atoms with Gasteiger partial charge in [-0.3, -0.25) is 0 Å². The van der Waals surface area contributed by atoms with Crippen LogP contribution in [0.15, 0.2) is 29.3 Å². The van der Waals surface area contributed by atoms with Gasteiger partial charge in [0, 0.05) is 17.3 Å². The predicted octanol–water partition coefficient (Wildman–Crippen LogP) is 3.29. The van der Waals surface area contributed by atoms with Crippen molar-refractivity contribution in [1.29, 1.82) is 5.26 Å². The van der Waals surface area contributed by atoms with E-state index in [0.29, 0.717) is 0 Å². The normalized spacial score (nSPS) is 19.4. The Labute approximate surface area is 110 Å². The van der Waals surface area contributed by atoms with Crippen LogP contribution in [0.1, 0.15) is 18.5 Å². The van der Waals surface area contributed by atoms with E-state index < -0.39 is 0 Å². The Morgan fingerprint density at radius 3 is 2.82 bits per heavy atom. The average Bonchev–Trinajstić information content (AvgIpc) is 2.78. The fraction of sp³-hybridized carbons (Fsp3) is 0.333. The number of halogens is 1. The van der Waals surface area contributed by atoms with Crippen LogP contribution < -0.4 is 0 Å². The second kappa shape index (κ2) is 5.44. The summed E-state index contributed by atoms with van der Waals surface area (Å²) >= 11 is 7.50. The number of nitrogens with zero attached hydrogens (tertiary/aromatic N) is 3. The van der Waals surface area contributed by atoms with Gasteiger partial charge in [0.25, 0.3) is 0 Å². The number of rotatable bonds is 2. The van der Waals surface area contributed by atoms with E-state index in [0.717, 1.165) is 22.5 Å². The molecule has 0 aromatic heterocycles. The third-order valence-electron chi connectivity index (χ3n) is 2.77. The lowest BCUT2D eigenvalue weighted by Crippen LogP contribution is -2.27. The minimum Gasteiger partial charge on any atom is -0.343 e. The highest BCUT2D eigenvalue weighted by Gasteiger charge is 2.25. The van der Waals surface area contributed by atoms with Crippen molar-refractivity contribution in [1.82, 2.24) is 4.90 Å². The highest BCUT2D eigenvalue weighted by molar-refractivity contribution is 8.14. The Hall–Kier alpha value is -1.18. The molecular formula is C12H12ClN3S. The van der Waals surface area contributed by atoms with Crippen molar-refractivity contribution in [3.8, 4) is 6.19 Å². The van der Waals surface area contributed by atoms with Crippen LogP contribution >= 0.6 is 23.4 Å². The molecular weight excluding hydrogens is 254 g/mol. The van der Waals surface area contributed by atoms with Crippen LogP contribution in [0.5, 0.6) is 0 Å². The van der Waals surface area contributed by atoms with Gasteiger partial charge in [-0.15, -0.1) is 4.99 Å². The van der Waals surface area contributed by atoms with Crippen molar-refractivity contribution < 1.29 is 0 Å². The Morgan fingerprint density at radius 1 is 1.47 bits per heavy atom. The topological polar surface area (TPSA) is 39.4 Å². The summed E-state index contributed by atoms with van der Waals surface area (Å²) in [5, 5.41) is 10.2. The molecule has 0 amide bonds. The number of hydrogen-bond acceptors (Lipinski definition) is 3. The third kappa shape index (κ3) is 2.74. The number of benzene rings is 1. The molecule has 1 aromatic carbocycles. The molecule has 0 radical (unpaired) electrons. The van der Waals surface area contributed by atoms with Gasteiger partial charge in [-0.25, -0.2) is 0 Å². The fourth-order valence-corrected chi connectivity index (χ4v) is 2.95. The average molecular weight is 266 g/mol. The summed E-state index contributed by atoms with van der Waals surface area (Å²) in [6, 6.07) is 8.02. The van der Waals surface area contributed by atoms with Gasteiger partial charge in [0.05, 0.1) is 6.04 Å². The molecule has 0 spiro atoms. The fourth-order valence-electron chi connectivity index (χ4n) is 1.83. The quantitative estimate of drug-likeness (QED) is 0.771. The van der Waals surface area contributed by atoms with E-state index in [1.807, 2.05) is 30.5 Å². The monoisotopic (exact) mass is 265 g/mol. The molecule has 5 heteroatoms. The molecule has 1 fully saturated rings. The molecule has 1 saturated heterocycles. The van der Waals surface area contributed by atoms with Crippen molar-refractivity contribution in [3.63, 3.8) is 0 Å². The zero-order valence-corrected chi connectivity index (χ0v) is 11.0. The van der Waals surface area contributed by atoms with E-state index in [4.69, 9.17) is 16.9 Å². The summed E-state index contributed by atoms with van der Waals surface area (Å²) in [5.74, 6) is 0.985. The van der Waals surface area contributed by atoms with Crippen molar-refractivity contribution >= 4 is 28.5 Å². The second-order valence-corrected chi connectivity index (χ2v) is 5.26. The second-order valence-electron chi connectivity index (χ2n) is 3.76. The highest BCUT2D eigenvalue weighted by atomic mass is 35.5. The SMILES string of the molecule is CC(c1ccc(Cl)cc1)N1CCSC1=NC#N. The largest absolute Gasteiger partial charge is 0.343 e. The van der Waals surface area contributed by atoms with Crippen LogP contribution in [0.3, 0.4) is 0 Å². The molecule has 1 aliphatic heterocycles. The first-order valence-electron chi connectivity index (χ1n) is 5.34. The molecule has 1 aromatic rings. The maximum Gasteiger partial charge on any atom is 0.208 e. The maximum absolute atomic E-state index is 8.64. The summed E-state index contributed by atoms with van der Waals surface area (Å²) in [4.78, 5) is 6.00. The van der Waals surface area contributed by atoms with Crippen molar-refractivity contribution in [3.05, 3.63) is 34.9 Å². The summed E-state index contributed by atoms with van der Waals surface area (Å²) in [7, 11) is 0. The Balaban J connectivity index is 2.20. The van der Waals surface area contributed by atoms with Crippen LogP contribution in [-0.2, 0) is 0 Å². The van der Waals surface area contributed by atoms with Crippen molar-refractivity contribution in [2.24, 2.45) is 4.99 Å². The van der Waals surface area contributed by atoms with E-state index in [2.05, 4.69) is 16.8 Å². The lowest BCUT2D eigenvalue weighted by molar-refractivity contribution is 0.370. The number of hydrogen-bond donors (Lipinski definition) is 0. The number of amidine groups is 1. The first-order valence-corrected chi connectivity index (χ1v) is 6.70. The van der Waals surface area contributed by atoms with Crippen molar-refractivity contribution in [2.45, 2.75) is 13.0 Å². The standard InChI is InChI=1S/C12H12ClN3S/c1-9(10-2-4-11(13)5-3-10)16-6-7-17-12(16)15-8-14/h2-5,9H,6-7H2,1H3. The Morgan fingerprint density at radius 2 is 2.18 bits per heavy atom. The number of thioether (sulfide) groups is 1. The zero-order valence-electron chi connectivity index (χ0n) is 9.43. The summed E-state index contributed by atoms with van der Waals surface area (Å²) in [5.41, 5.74) is 1.18. The lowest BCUT2D eigenvalue weighted by atomic mass is 10.1. The molecule has 3 nitrogen and oxygen atoms in total. The van der Waals surface area contributed by atoms with Gasteiger partial charge in [0.15, 0.2) is 5.17 Å². The first kappa shape index (κ1) is 12.3. The van der Waals surface area contributed by atoms with Gasteiger partial charge in [-0.1, -0.05) is 35.5 Å². The van der Waals surface area contributed by atoms with E-state index in [-0.39, 0.29) is 6.04 Å². The van der Waals surface area contributed by atoms with Gasteiger partial charge in [-0.2, -0.15) is 5.26 Å². The summed E-state index contributed by atoms with van der Waals surface area (Å²) in [6.07, 6.45) is 1.86. The van der Waals surface area contributed by atoms with E-state index >= 15 is 0 Å². The van der Waals surface area contributed by atoms with Crippen LogP contribution in [0.25, 0.3) is 0 Å². The van der Waals surface area contributed by atoms with Gasteiger partial charge in [0.2, 0.25) is 6.19 Å². The Bertz CT molecular complexity index is 464. The molecule has 1 atom stereocenters. The number of nitriles is 1. The molecule has 0 N–H and O–H groups in total. The van der Waals surface area contributed by atoms with Gasteiger partial charge in [0.1, 0.15) is 0 Å². The molecule has 2 rings (SSSR count). The van der Waals surface area contributed by atoms with E-state index in [1.54, 1.807) is 11.8 Å². The molecule has 0 saturated carbocycles. The van der Waals surface area contributed by atoms with Crippen LogP contribution in [0, 0.1) is 11.5 Å². The molecule has 0 aliphatic carbocycles. The minimum absolute atomic E-state index is 0.217. The molecule has 17 heavy (non-hydrogen) atoms. The maximum atomic E-state index is 8.64. The summed E-state index contributed by atoms with van der Waals surface area (Å²) in [6.45, 7) is 3.04. The van der Waals surface area contributed by atoms with Crippen LogP contribution in [-0.4, -0.2) is 22.4 Å². The molecule has 1 aliphatic rings. The molecule has 0 bridgehead atoms. The zero-order chi connectivity index (χ0) is 12.3. The van der Waals surface area contributed by atoms with E-state index in [9.17, 15) is 0 Å². The number of aliphatic imine (C=N–C) groups is 1. The molecule has 1 heterocycles. The van der Waals surface area contributed by atoms with E-state index in [1.165, 1.54) is 5.56 Å². The van der Waals surface area contributed by atoms with Gasteiger partial charge >= 0.3 is 0 Å². The highest BCUT2D eigenvalue weighted by Crippen LogP contribution is 2.29. The Kier molecular flexibility index (Phi) is 3.93. The van der Waals surface area contributed by atoms with Gasteiger partial charge < -0.3 is 4.90 Å². The van der Waals surface area contributed by atoms with Crippen LogP contribution in [0.2, 0.25) is 5.02 Å². The smallest absolute Gasteiger partial charge is 0.208 e. The first-order chi connectivity index (χ1) is 8.22. The van der Waals surface area contributed by atoms with Gasteiger partial charge in [-0.05, 0) is 24.6 Å². The van der Waals surface area contributed by atoms with Crippen molar-refractivity contribution in [2.75, 3.05) is 12.3 Å². The third-order valence-corrected chi connectivity index (χ3v) is 4.00. The summed E-state index contributed by atoms with van der Waals surface area (Å²) < 4.78 is 0. The predicted molar refractivity (Wildman–Crippen MR) is 72.1 cm³/mol.